The fourth-order valence-corrected chi connectivity index (χ4v) is 3.98. The van der Waals surface area contributed by atoms with Crippen molar-refractivity contribution in [1.82, 2.24) is 15.0 Å². The fourth-order valence-electron chi connectivity index (χ4n) is 3.98. The zero-order valence-electron chi connectivity index (χ0n) is 25.3. The van der Waals surface area contributed by atoms with Crippen LogP contribution in [0.3, 0.4) is 0 Å². The molecule has 0 radical (unpaired) electrons. The van der Waals surface area contributed by atoms with Crippen molar-refractivity contribution in [2.75, 3.05) is 134 Å². The molecule has 6 unspecified atom stereocenters. The Hall–Kier alpha value is -2.07. The summed E-state index contributed by atoms with van der Waals surface area (Å²) in [4.78, 5) is 19.9. The highest BCUT2D eigenvalue weighted by atomic mass is 16.6. The molecule has 6 saturated heterocycles. The summed E-state index contributed by atoms with van der Waals surface area (Å²) in [5.74, 6) is 1.02. The maximum atomic E-state index is 5.95. The Morgan fingerprint density at radius 2 is 0.556 bits per heavy atom. The van der Waals surface area contributed by atoms with E-state index < -0.39 is 0 Å². The van der Waals surface area contributed by atoms with E-state index >= 15 is 0 Å². The van der Waals surface area contributed by atoms with Gasteiger partial charge in [0.2, 0.25) is 17.8 Å². The zero-order chi connectivity index (χ0) is 30.3. The van der Waals surface area contributed by atoms with Crippen molar-refractivity contribution in [3.8, 4) is 0 Å². The number of nitrogens with zero attached hydrogens (tertiary/aromatic N) is 6. The fraction of sp³-hybridized carbons (Fsp3) is 0.889. The Balaban J connectivity index is 1.12. The normalized spacial score (nSPS) is 28.5. The van der Waals surface area contributed by atoms with E-state index in [0.717, 1.165) is 0 Å². The summed E-state index contributed by atoms with van der Waals surface area (Å²) < 4.78 is 67.6. The molecule has 0 N–H and O–H groups in total. The summed E-state index contributed by atoms with van der Waals surface area (Å²) in [6.07, 6.45) is 0.603. The lowest BCUT2D eigenvalue weighted by atomic mass is 10.5. The van der Waals surface area contributed by atoms with E-state index in [1.54, 1.807) is 14.7 Å². The molecule has 0 spiro atoms. The minimum absolute atomic E-state index is 0.100. The summed E-state index contributed by atoms with van der Waals surface area (Å²) in [6.45, 7) is 7.88. The largest absolute Gasteiger partial charge is 0.371 e. The van der Waals surface area contributed by atoms with E-state index in [1.807, 2.05) is 0 Å². The van der Waals surface area contributed by atoms with Crippen molar-refractivity contribution >= 4 is 17.8 Å². The van der Waals surface area contributed by atoms with E-state index in [9.17, 15) is 0 Å². The van der Waals surface area contributed by atoms with Crippen molar-refractivity contribution in [1.29, 1.82) is 0 Å². The van der Waals surface area contributed by atoms with Crippen LogP contribution in [0.15, 0.2) is 0 Å². The highest BCUT2D eigenvalue weighted by molar-refractivity contribution is 5.45. The third-order valence-corrected chi connectivity index (χ3v) is 7.17. The van der Waals surface area contributed by atoms with Gasteiger partial charge < -0.3 is 56.8 Å². The molecule has 0 bridgehead atoms. The lowest BCUT2D eigenvalue weighted by molar-refractivity contribution is 0.0672. The number of aromatic nitrogens is 3. The molecule has 7 heterocycles. The second-order valence-corrected chi connectivity index (χ2v) is 11.6. The Kier molecular flexibility index (Phi) is 11.0. The van der Waals surface area contributed by atoms with Gasteiger partial charge >= 0.3 is 0 Å². The van der Waals surface area contributed by atoms with Gasteiger partial charge in [0.15, 0.2) is 0 Å². The minimum atomic E-state index is 0.100. The van der Waals surface area contributed by atoms with Gasteiger partial charge in [-0.2, -0.15) is 15.0 Å². The predicted molar refractivity (Wildman–Crippen MR) is 151 cm³/mol. The van der Waals surface area contributed by atoms with Crippen LogP contribution in [0.25, 0.3) is 0 Å². The topological polar surface area (TPSA) is 179 Å². The molecule has 0 aromatic carbocycles. The Labute approximate surface area is 260 Å². The number of anilines is 3. The van der Waals surface area contributed by atoms with Gasteiger partial charge in [0.1, 0.15) is 77.0 Å². The Bertz CT molecular complexity index is 862. The SMILES string of the molecule is C(OCN(COCC1CO1)c1nc(N(COCC2CO2)COCC2CO2)nc(N(COCC2CO2)COCC2CO2)n1)C1CO1. The molecule has 6 fully saturated rings. The number of rotatable bonds is 27. The molecule has 18 nitrogen and oxygen atoms in total. The van der Waals surface area contributed by atoms with Crippen molar-refractivity contribution in [2.45, 2.75) is 36.6 Å². The Morgan fingerprint density at radius 3 is 0.711 bits per heavy atom. The quantitative estimate of drug-likeness (QED) is 0.0801. The van der Waals surface area contributed by atoms with E-state index in [-0.39, 0.29) is 77.0 Å². The summed E-state index contributed by atoms with van der Waals surface area (Å²) in [7, 11) is 0. The molecule has 6 aliphatic heterocycles. The van der Waals surface area contributed by atoms with Gasteiger partial charge in [-0.3, -0.25) is 14.7 Å². The minimum Gasteiger partial charge on any atom is -0.371 e. The maximum absolute atomic E-state index is 5.95. The molecular weight excluding hydrogens is 600 g/mol. The third kappa shape index (κ3) is 11.6. The van der Waals surface area contributed by atoms with Crippen molar-refractivity contribution in [2.24, 2.45) is 0 Å². The van der Waals surface area contributed by atoms with Crippen molar-refractivity contribution in [3.05, 3.63) is 0 Å². The van der Waals surface area contributed by atoms with Crippen LogP contribution in [-0.4, -0.2) is 171 Å². The van der Waals surface area contributed by atoms with Gasteiger partial charge in [-0.15, -0.1) is 0 Å². The number of hydrogen-bond donors (Lipinski definition) is 0. The Morgan fingerprint density at radius 1 is 0.378 bits per heavy atom. The van der Waals surface area contributed by atoms with Crippen LogP contribution >= 0.6 is 0 Å². The van der Waals surface area contributed by atoms with Gasteiger partial charge in [-0.25, -0.2) is 0 Å². The molecule has 0 amide bonds. The third-order valence-electron chi connectivity index (χ3n) is 7.17. The van der Waals surface area contributed by atoms with E-state index in [1.165, 1.54) is 0 Å². The first kappa shape index (κ1) is 31.5. The van der Waals surface area contributed by atoms with Gasteiger partial charge in [0.25, 0.3) is 0 Å². The lowest BCUT2D eigenvalue weighted by Crippen LogP contribution is -2.37. The molecule has 45 heavy (non-hydrogen) atoms. The van der Waals surface area contributed by atoms with Gasteiger partial charge in [-0.05, 0) is 0 Å². The molecule has 6 aliphatic rings. The van der Waals surface area contributed by atoms with Crippen molar-refractivity contribution < 1.29 is 56.8 Å². The summed E-state index contributed by atoms with van der Waals surface area (Å²) in [5.41, 5.74) is 0. The summed E-state index contributed by atoms with van der Waals surface area (Å²) in [5, 5.41) is 0. The molecule has 6 atom stereocenters. The molecule has 0 aliphatic carbocycles. The molecule has 1 aromatic rings. The smallest absolute Gasteiger partial charge is 0.235 e. The van der Waals surface area contributed by atoms with Crippen LogP contribution in [0.2, 0.25) is 0 Å². The van der Waals surface area contributed by atoms with Crippen molar-refractivity contribution in [3.63, 3.8) is 0 Å². The maximum Gasteiger partial charge on any atom is 0.235 e. The predicted octanol–water partition coefficient (Wildman–Crippen LogP) is -1.47. The van der Waals surface area contributed by atoms with Crippen LogP contribution in [0, 0.1) is 0 Å². The summed E-state index contributed by atoms with van der Waals surface area (Å²) >= 11 is 0. The molecule has 7 rings (SSSR count). The average Bonchev–Trinajstić information content (AvgIpc) is 3.81. The lowest BCUT2D eigenvalue weighted by Gasteiger charge is -2.28. The number of hydrogen-bond acceptors (Lipinski definition) is 18. The molecule has 252 valence electrons. The molecule has 0 saturated carbocycles. The van der Waals surface area contributed by atoms with Crippen LogP contribution in [0.5, 0.6) is 0 Å². The van der Waals surface area contributed by atoms with Crippen LogP contribution in [0.1, 0.15) is 0 Å². The monoisotopic (exact) mass is 642 g/mol. The molecular formula is C27H42N6O12. The van der Waals surface area contributed by atoms with Gasteiger partial charge in [0, 0.05) is 0 Å². The molecule has 1 aromatic heterocycles. The highest BCUT2D eigenvalue weighted by Crippen LogP contribution is 2.22. The number of epoxide rings is 6. The first-order chi connectivity index (χ1) is 22.2. The first-order valence-corrected chi connectivity index (χ1v) is 15.4. The van der Waals surface area contributed by atoms with Gasteiger partial charge in [0.05, 0.1) is 79.3 Å². The average molecular weight is 643 g/mol. The van der Waals surface area contributed by atoms with Crippen LogP contribution in [-0.2, 0) is 56.8 Å². The standard InChI is InChI=1S/C27H42N6O12/c1(19-7-40-19)34-13-31(14-35-2-20-8-41-20)25-28-26(32(15-36-3-21-9-42-21)16-37-4-22-10-43-22)30-27(29-25)33(17-38-5-23-11-44-23)18-39-6-24-12-45-24/h19-24H,1-18H2. The molecule has 18 heteroatoms. The second kappa shape index (κ2) is 15.7. The number of ether oxygens (including phenoxy) is 12. The van der Waals surface area contributed by atoms with Gasteiger partial charge in [-0.1, -0.05) is 0 Å². The second-order valence-electron chi connectivity index (χ2n) is 11.6. The zero-order valence-corrected chi connectivity index (χ0v) is 25.3. The summed E-state index contributed by atoms with van der Waals surface area (Å²) in [6, 6.07) is 0. The van der Waals surface area contributed by atoms with Crippen LogP contribution < -0.4 is 14.7 Å². The van der Waals surface area contributed by atoms with E-state index in [0.29, 0.717) is 97.1 Å². The first-order valence-electron chi connectivity index (χ1n) is 15.4. The van der Waals surface area contributed by atoms with E-state index in [4.69, 9.17) is 71.8 Å². The van der Waals surface area contributed by atoms with Crippen LogP contribution in [0.4, 0.5) is 17.8 Å². The highest BCUT2D eigenvalue weighted by Gasteiger charge is 2.29. The van der Waals surface area contributed by atoms with E-state index in [2.05, 4.69) is 0 Å².